The number of carbonyl (C=O) groups excluding carboxylic acids is 2. The Morgan fingerprint density at radius 1 is 1.24 bits per heavy atom. The summed E-state index contributed by atoms with van der Waals surface area (Å²) in [5, 5.41) is 12.0. The molecule has 2 atom stereocenters. The maximum atomic E-state index is 12.4. The van der Waals surface area contributed by atoms with Crippen LogP contribution in [-0.2, 0) is 11.3 Å². The largest absolute Gasteiger partial charge is 0.498 e. The minimum absolute atomic E-state index is 0.142. The molecule has 0 aliphatic carbocycles. The van der Waals surface area contributed by atoms with Gasteiger partial charge in [0.1, 0.15) is 13.2 Å². The molecule has 2 amide bonds. The fraction of sp³-hybridized carbons (Fsp3) is 0.579. The van der Waals surface area contributed by atoms with Gasteiger partial charge in [-0.3, -0.25) is 4.48 Å². The standard InChI is InChI=1S/C19H28N2O4/c1-15-10-11-20(12-13-21(15,18(23)24)19(2,3)4)17(22)25-14-16-8-6-5-7-9-16/h5-9,15H,10-14H2,1-4H3. The van der Waals surface area contributed by atoms with Gasteiger partial charge in [-0.2, -0.15) is 0 Å². The Hall–Kier alpha value is -2.08. The molecule has 0 N–H and O–H groups in total. The topological polar surface area (TPSA) is 69.7 Å². The number of hydrogen-bond donors (Lipinski definition) is 0. The van der Waals surface area contributed by atoms with Gasteiger partial charge in [0.15, 0.2) is 0 Å². The zero-order valence-corrected chi connectivity index (χ0v) is 15.5. The summed E-state index contributed by atoms with van der Waals surface area (Å²) in [7, 11) is 0. The van der Waals surface area contributed by atoms with Gasteiger partial charge in [0.25, 0.3) is 6.09 Å². The smallest absolute Gasteiger partial charge is 0.410 e. The first-order valence-corrected chi connectivity index (χ1v) is 8.73. The van der Waals surface area contributed by atoms with E-state index < -0.39 is 17.7 Å². The Morgan fingerprint density at radius 3 is 2.44 bits per heavy atom. The number of amides is 2. The Balaban J connectivity index is 2.06. The van der Waals surface area contributed by atoms with Crippen LogP contribution < -0.4 is 5.11 Å². The second-order valence-corrected chi connectivity index (χ2v) is 7.69. The molecule has 1 heterocycles. The third kappa shape index (κ3) is 3.95. The predicted octanol–water partition coefficient (Wildman–Crippen LogP) is 2.38. The van der Waals surface area contributed by atoms with E-state index >= 15 is 0 Å². The van der Waals surface area contributed by atoms with Crippen LogP contribution in [0.5, 0.6) is 0 Å². The number of carboxylic acid groups (broad SMARTS) is 1. The van der Waals surface area contributed by atoms with Crippen LogP contribution >= 0.6 is 0 Å². The lowest BCUT2D eigenvalue weighted by Gasteiger charge is -2.51. The van der Waals surface area contributed by atoms with Gasteiger partial charge in [-0.15, -0.1) is 0 Å². The van der Waals surface area contributed by atoms with Crippen molar-refractivity contribution < 1.29 is 23.9 Å². The minimum Gasteiger partial charge on any atom is -0.498 e. The van der Waals surface area contributed by atoms with E-state index in [2.05, 4.69) is 0 Å². The summed E-state index contributed by atoms with van der Waals surface area (Å²) in [6, 6.07) is 9.35. The van der Waals surface area contributed by atoms with E-state index in [0.717, 1.165) is 5.56 Å². The van der Waals surface area contributed by atoms with Crippen molar-refractivity contribution in [1.82, 2.24) is 4.90 Å². The molecule has 138 valence electrons. The quantitative estimate of drug-likeness (QED) is 0.770. The molecule has 2 rings (SSSR count). The molecule has 6 nitrogen and oxygen atoms in total. The highest BCUT2D eigenvalue weighted by molar-refractivity contribution is 5.67. The van der Waals surface area contributed by atoms with Crippen molar-refractivity contribution in [3.05, 3.63) is 35.9 Å². The van der Waals surface area contributed by atoms with E-state index in [9.17, 15) is 14.7 Å². The first-order valence-electron chi connectivity index (χ1n) is 8.73. The second kappa shape index (κ2) is 7.44. The highest BCUT2D eigenvalue weighted by Gasteiger charge is 2.48. The molecule has 0 radical (unpaired) electrons. The zero-order valence-electron chi connectivity index (χ0n) is 15.5. The summed E-state index contributed by atoms with van der Waals surface area (Å²) in [4.78, 5) is 26.0. The number of quaternary nitrogens is 1. The van der Waals surface area contributed by atoms with Gasteiger partial charge in [0, 0.05) is 13.0 Å². The van der Waals surface area contributed by atoms with E-state index in [0.29, 0.717) is 26.1 Å². The Bertz CT molecular complexity index is 612. The number of hydrogen-bond acceptors (Lipinski definition) is 4. The van der Waals surface area contributed by atoms with Crippen molar-refractivity contribution in [1.29, 1.82) is 0 Å². The number of nitrogens with zero attached hydrogens (tertiary/aromatic N) is 2. The van der Waals surface area contributed by atoms with Gasteiger partial charge in [0.2, 0.25) is 0 Å². The lowest BCUT2D eigenvalue weighted by molar-refractivity contribution is -0.938. The molecule has 0 aromatic heterocycles. The third-order valence-electron chi connectivity index (χ3n) is 5.28. The first-order chi connectivity index (χ1) is 11.7. The molecule has 0 bridgehead atoms. The fourth-order valence-electron chi connectivity index (χ4n) is 3.71. The highest BCUT2D eigenvalue weighted by atomic mass is 16.6. The van der Waals surface area contributed by atoms with Gasteiger partial charge in [0.05, 0.1) is 18.1 Å². The van der Waals surface area contributed by atoms with E-state index in [-0.39, 0.29) is 17.1 Å². The van der Waals surface area contributed by atoms with Crippen molar-refractivity contribution in [3.8, 4) is 0 Å². The van der Waals surface area contributed by atoms with E-state index in [1.54, 1.807) is 4.90 Å². The van der Waals surface area contributed by atoms with Crippen LogP contribution in [0, 0.1) is 0 Å². The van der Waals surface area contributed by atoms with Crippen LogP contribution in [0.25, 0.3) is 0 Å². The van der Waals surface area contributed by atoms with Gasteiger partial charge in [-0.25, -0.2) is 4.79 Å². The molecule has 1 fully saturated rings. The maximum Gasteiger partial charge on any atom is 0.410 e. The van der Waals surface area contributed by atoms with Crippen LogP contribution in [0.3, 0.4) is 0 Å². The molecule has 1 aliphatic heterocycles. The summed E-state index contributed by atoms with van der Waals surface area (Å²) in [6.45, 7) is 8.98. The first kappa shape index (κ1) is 19.2. The number of benzene rings is 1. The summed E-state index contributed by atoms with van der Waals surface area (Å²) >= 11 is 0. The second-order valence-electron chi connectivity index (χ2n) is 7.69. The molecule has 1 aromatic rings. The van der Waals surface area contributed by atoms with E-state index in [1.165, 1.54) is 0 Å². The summed E-state index contributed by atoms with van der Waals surface area (Å²) < 4.78 is 5.23. The van der Waals surface area contributed by atoms with E-state index in [4.69, 9.17) is 4.74 Å². The van der Waals surface area contributed by atoms with Crippen LogP contribution in [0.1, 0.15) is 39.7 Å². The summed E-state index contributed by atoms with van der Waals surface area (Å²) in [6.07, 6.45) is -0.895. The molecule has 1 aromatic carbocycles. The van der Waals surface area contributed by atoms with Gasteiger partial charge >= 0.3 is 6.09 Å². The molecule has 1 saturated heterocycles. The minimum atomic E-state index is -1.08. The summed E-state index contributed by atoms with van der Waals surface area (Å²) in [5.41, 5.74) is 0.413. The van der Waals surface area contributed by atoms with Crippen molar-refractivity contribution in [2.75, 3.05) is 19.6 Å². The Morgan fingerprint density at radius 2 is 1.88 bits per heavy atom. The molecule has 0 saturated carbocycles. The summed E-state index contributed by atoms with van der Waals surface area (Å²) in [5.74, 6) is 0. The maximum absolute atomic E-state index is 12.4. The van der Waals surface area contributed by atoms with Crippen molar-refractivity contribution in [2.24, 2.45) is 0 Å². The fourth-order valence-corrected chi connectivity index (χ4v) is 3.71. The van der Waals surface area contributed by atoms with Crippen LogP contribution in [0.15, 0.2) is 30.3 Å². The molecular formula is C19H28N2O4. The van der Waals surface area contributed by atoms with Crippen molar-refractivity contribution in [2.45, 2.75) is 52.3 Å². The highest BCUT2D eigenvalue weighted by Crippen LogP contribution is 2.32. The lowest BCUT2D eigenvalue weighted by atomic mass is 9.97. The van der Waals surface area contributed by atoms with Crippen molar-refractivity contribution >= 4 is 12.2 Å². The predicted molar refractivity (Wildman–Crippen MR) is 92.6 cm³/mol. The van der Waals surface area contributed by atoms with Gasteiger partial charge < -0.3 is 19.5 Å². The normalized spacial score (nSPS) is 24.5. The van der Waals surface area contributed by atoms with Crippen LogP contribution in [0.4, 0.5) is 9.59 Å². The molecule has 0 spiro atoms. The van der Waals surface area contributed by atoms with Gasteiger partial charge in [-0.05, 0) is 33.3 Å². The van der Waals surface area contributed by atoms with Crippen LogP contribution in [0.2, 0.25) is 0 Å². The molecular weight excluding hydrogens is 320 g/mol. The number of rotatable bonds is 2. The average molecular weight is 348 g/mol. The third-order valence-corrected chi connectivity index (χ3v) is 5.28. The Labute approximate surface area is 149 Å². The lowest BCUT2D eigenvalue weighted by Crippen LogP contribution is -2.71. The van der Waals surface area contributed by atoms with Crippen LogP contribution in [-0.4, -0.2) is 52.8 Å². The van der Waals surface area contributed by atoms with Gasteiger partial charge in [-0.1, -0.05) is 30.3 Å². The Kier molecular flexibility index (Phi) is 5.72. The molecule has 25 heavy (non-hydrogen) atoms. The van der Waals surface area contributed by atoms with Crippen molar-refractivity contribution in [3.63, 3.8) is 0 Å². The SMILES string of the molecule is CC1CCN(C(=O)OCc2ccccc2)CC[N+]1(C(=O)[O-])C(C)(C)C. The zero-order chi connectivity index (χ0) is 18.7. The number of ether oxygens (including phenoxy) is 1. The molecule has 6 heteroatoms. The molecule has 2 unspecified atom stereocenters. The van der Waals surface area contributed by atoms with E-state index in [1.807, 2.05) is 58.0 Å². The average Bonchev–Trinajstić information content (AvgIpc) is 2.73. The molecule has 1 aliphatic rings. The monoisotopic (exact) mass is 348 g/mol. The number of carbonyl (C=O) groups is 2.